The molecule has 114 valence electrons. The lowest BCUT2D eigenvalue weighted by Gasteiger charge is -2.31. The minimum atomic E-state index is -1.27. The highest BCUT2D eigenvalue weighted by atomic mass is 19.1. The molecule has 5 nitrogen and oxygen atoms in total. The Morgan fingerprint density at radius 2 is 2.24 bits per heavy atom. The molecule has 1 aromatic carbocycles. The molecule has 21 heavy (non-hydrogen) atoms. The maximum Gasteiger partial charge on any atom is 0.338 e. The second kappa shape index (κ2) is 6.67. The first-order valence-corrected chi connectivity index (χ1v) is 6.97. The van der Waals surface area contributed by atoms with Gasteiger partial charge in [-0.25, -0.2) is 9.18 Å². The first-order chi connectivity index (χ1) is 10.0. The number of nitrogens with zero attached hydrogens (tertiary/aromatic N) is 1. The molecule has 6 heteroatoms. The molecule has 0 spiro atoms. The summed E-state index contributed by atoms with van der Waals surface area (Å²) in [7, 11) is 1.63. The van der Waals surface area contributed by atoms with Crippen LogP contribution in [0.25, 0.3) is 0 Å². The van der Waals surface area contributed by atoms with Crippen molar-refractivity contribution in [1.29, 1.82) is 0 Å². The molecule has 2 rings (SSSR count). The van der Waals surface area contributed by atoms with Gasteiger partial charge in [-0.3, -0.25) is 9.69 Å². The number of rotatable bonds is 4. The quantitative estimate of drug-likeness (QED) is 0.882. The smallest absolute Gasteiger partial charge is 0.338 e. The van der Waals surface area contributed by atoms with Gasteiger partial charge < -0.3 is 10.4 Å². The molecule has 0 bridgehead atoms. The Balaban J connectivity index is 2.03. The number of likely N-dealkylation sites (tertiary alicyclic amines) is 1. The molecule has 1 heterocycles. The zero-order valence-corrected chi connectivity index (χ0v) is 11.9. The molecule has 1 aliphatic rings. The summed E-state index contributed by atoms with van der Waals surface area (Å²) in [6.45, 7) is 2.02. The molecule has 1 amide bonds. The lowest BCUT2D eigenvalue weighted by Crippen LogP contribution is -2.41. The molecular weight excluding hydrogens is 275 g/mol. The molecule has 1 unspecified atom stereocenters. The predicted molar refractivity (Wildman–Crippen MR) is 75.4 cm³/mol. The lowest BCUT2D eigenvalue weighted by molar-refractivity contribution is -0.126. The zero-order chi connectivity index (χ0) is 15.4. The summed E-state index contributed by atoms with van der Waals surface area (Å²) < 4.78 is 13.7. The number of amides is 1. The second-order valence-corrected chi connectivity index (χ2v) is 5.31. The van der Waals surface area contributed by atoms with Crippen molar-refractivity contribution in [3.8, 4) is 0 Å². The molecule has 0 aromatic heterocycles. The molecule has 0 radical (unpaired) electrons. The average Bonchev–Trinajstić information content (AvgIpc) is 2.46. The number of carboxylic acids is 1. The molecule has 1 fully saturated rings. The van der Waals surface area contributed by atoms with Crippen LogP contribution in [0.1, 0.15) is 28.8 Å². The van der Waals surface area contributed by atoms with Crippen LogP contribution in [0.15, 0.2) is 18.2 Å². The average molecular weight is 294 g/mol. The number of carboxylic acid groups (broad SMARTS) is 1. The second-order valence-electron chi connectivity index (χ2n) is 5.31. The Morgan fingerprint density at radius 1 is 1.48 bits per heavy atom. The van der Waals surface area contributed by atoms with Crippen molar-refractivity contribution < 1.29 is 19.1 Å². The highest BCUT2D eigenvalue weighted by molar-refractivity contribution is 5.87. The van der Waals surface area contributed by atoms with Crippen LogP contribution >= 0.6 is 0 Å². The van der Waals surface area contributed by atoms with Crippen molar-refractivity contribution in [1.82, 2.24) is 10.2 Å². The highest BCUT2D eigenvalue weighted by Gasteiger charge is 2.25. The summed E-state index contributed by atoms with van der Waals surface area (Å²) in [6.07, 6.45) is 1.79. The van der Waals surface area contributed by atoms with Crippen molar-refractivity contribution in [2.45, 2.75) is 19.4 Å². The number of carbonyl (C=O) groups excluding carboxylic acids is 1. The van der Waals surface area contributed by atoms with Gasteiger partial charge in [0.1, 0.15) is 5.82 Å². The normalized spacial score (nSPS) is 19.2. The van der Waals surface area contributed by atoms with E-state index in [0.29, 0.717) is 13.1 Å². The van der Waals surface area contributed by atoms with Crippen LogP contribution in [0.5, 0.6) is 0 Å². The van der Waals surface area contributed by atoms with E-state index in [9.17, 15) is 14.0 Å². The van der Waals surface area contributed by atoms with Gasteiger partial charge in [0.25, 0.3) is 0 Å². The number of nitrogens with one attached hydrogen (secondary N) is 1. The molecule has 2 N–H and O–H groups in total. The van der Waals surface area contributed by atoms with Crippen molar-refractivity contribution in [3.63, 3.8) is 0 Å². The fraction of sp³-hybridized carbons (Fsp3) is 0.467. The van der Waals surface area contributed by atoms with E-state index in [1.807, 2.05) is 0 Å². The summed E-state index contributed by atoms with van der Waals surface area (Å²) in [6, 6.07) is 4.16. The van der Waals surface area contributed by atoms with Gasteiger partial charge in [0.15, 0.2) is 0 Å². The molecular formula is C15H19FN2O3. The largest absolute Gasteiger partial charge is 0.478 e. The van der Waals surface area contributed by atoms with E-state index in [4.69, 9.17) is 5.11 Å². The van der Waals surface area contributed by atoms with E-state index >= 15 is 0 Å². The van der Waals surface area contributed by atoms with E-state index in [-0.39, 0.29) is 17.4 Å². The summed E-state index contributed by atoms with van der Waals surface area (Å²) in [5.41, 5.74) is 0.399. The van der Waals surface area contributed by atoms with Crippen molar-refractivity contribution in [2.24, 2.45) is 5.92 Å². The molecule has 0 aliphatic carbocycles. The fourth-order valence-corrected chi connectivity index (χ4v) is 2.71. The van der Waals surface area contributed by atoms with Crippen LogP contribution in [-0.4, -0.2) is 42.0 Å². The van der Waals surface area contributed by atoms with Crippen LogP contribution in [0.2, 0.25) is 0 Å². The minimum Gasteiger partial charge on any atom is -0.478 e. The Hall–Kier alpha value is -1.95. The van der Waals surface area contributed by atoms with E-state index in [0.717, 1.165) is 24.9 Å². The zero-order valence-electron chi connectivity index (χ0n) is 11.9. The highest BCUT2D eigenvalue weighted by Crippen LogP contribution is 2.19. The van der Waals surface area contributed by atoms with E-state index in [1.165, 1.54) is 12.1 Å². The maximum atomic E-state index is 13.7. The van der Waals surface area contributed by atoms with Gasteiger partial charge in [-0.05, 0) is 37.1 Å². The molecule has 1 atom stereocenters. The van der Waals surface area contributed by atoms with Gasteiger partial charge in [-0.2, -0.15) is 0 Å². The van der Waals surface area contributed by atoms with Crippen molar-refractivity contribution >= 4 is 11.9 Å². The lowest BCUT2D eigenvalue weighted by atomic mass is 9.96. The summed E-state index contributed by atoms with van der Waals surface area (Å²) >= 11 is 0. The third kappa shape index (κ3) is 3.78. The molecule has 0 saturated carbocycles. The number of carbonyl (C=O) groups is 2. The number of aromatic carboxylic acids is 1. The van der Waals surface area contributed by atoms with E-state index in [2.05, 4.69) is 10.2 Å². The summed E-state index contributed by atoms with van der Waals surface area (Å²) in [4.78, 5) is 24.6. The van der Waals surface area contributed by atoms with Gasteiger partial charge in [-0.15, -0.1) is 0 Å². The predicted octanol–water partition coefficient (Wildman–Crippen LogP) is 1.48. The standard InChI is InChI=1S/C15H19FN2O3/c1-17-14(19)11-3-2-6-18(9-11)8-10-4-5-12(15(20)21)13(16)7-10/h4-5,7,11H,2-3,6,8-9H2,1H3,(H,17,19)(H,20,21). The monoisotopic (exact) mass is 294 g/mol. The Bertz CT molecular complexity index is 548. The number of hydrogen-bond donors (Lipinski definition) is 2. The third-order valence-corrected chi connectivity index (χ3v) is 3.79. The van der Waals surface area contributed by atoms with Crippen molar-refractivity contribution in [3.05, 3.63) is 35.1 Å². The van der Waals surface area contributed by atoms with Crippen LogP contribution in [-0.2, 0) is 11.3 Å². The van der Waals surface area contributed by atoms with Gasteiger partial charge in [0, 0.05) is 20.1 Å². The summed E-state index contributed by atoms with van der Waals surface area (Å²) in [5.74, 6) is -1.99. The van der Waals surface area contributed by atoms with Gasteiger partial charge in [-0.1, -0.05) is 6.07 Å². The third-order valence-electron chi connectivity index (χ3n) is 3.79. The fourth-order valence-electron chi connectivity index (χ4n) is 2.71. The van der Waals surface area contributed by atoms with Gasteiger partial charge in [0.05, 0.1) is 11.5 Å². The van der Waals surface area contributed by atoms with Gasteiger partial charge in [0.2, 0.25) is 5.91 Å². The maximum absolute atomic E-state index is 13.7. The number of piperidine rings is 1. The number of benzene rings is 1. The van der Waals surface area contributed by atoms with Gasteiger partial charge >= 0.3 is 5.97 Å². The van der Waals surface area contributed by atoms with Crippen LogP contribution in [0.4, 0.5) is 4.39 Å². The van der Waals surface area contributed by atoms with Crippen LogP contribution in [0.3, 0.4) is 0 Å². The SMILES string of the molecule is CNC(=O)C1CCCN(Cc2ccc(C(=O)O)c(F)c2)C1. The molecule has 1 aromatic rings. The van der Waals surface area contributed by atoms with Crippen molar-refractivity contribution in [2.75, 3.05) is 20.1 Å². The Kier molecular flexibility index (Phi) is 4.90. The topological polar surface area (TPSA) is 69.6 Å². The van der Waals surface area contributed by atoms with Crippen LogP contribution in [0, 0.1) is 11.7 Å². The number of halogens is 1. The molecule has 1 aliphatic heterocycles. The Labute approximate surface area is 122 Å². The minimum absolute atomic E-state index is 0.0344. The Morgan fingerprint density at radius 3 is 2.86 bits per heavy atom. The first-order valence-electron chi connectivity index (χ1n) is 6.97. The van der Waals surface area contributed by atoms with Crippen LogP contribution < -0.4 is 5.32 Å². The number of hydrogen-bond acceptors (Lipinski definition) is 3. The van der Waals surface area contributed by atoms with E-state index in [1.54, 1.807) is 13.1 Å². The summed E-state index contributed by atoms with van der Waals surface area (Å²) in [5, 5.41) is 11.5. The van der Waals surface area contributed by atoms with E-state index < -0.39 is 11.8 Å². The molecule has 1 saturated heterocycles. The first kappa shape index (κ1) is 15.4.